The minimum atomic E-state index is -3.40. The van der Waals surface area contributed by atoms with E-state index in [9.17, 15) is 27.5 Å². The fourth-order valence-electron chi connectivity index (χ4n) is 4.68. The van der Waals surface area contributed by atoms with Crippen LogP contribution < -0.4 is 10.5 Å². The summed E-state index contributed by atoms with van der Waals surface area (Å²) in [6.45, 7) is 0. The summed E-state index contributed by atoms with van der Waals surface area (Å²) in [5.74, 6) is -3.40. The van der Waals surface area contributed by atoms with Gasteiger partial charge in [0, 0.05) is 53.8 Å². The summed E-state index contributed by atoms with van der Waals surface area (Å²) in [6.07, 6.45) is 4.02. The average Bonchev–Trinajstić information content (AvgIpc) is 3.14. The Morgan fingerprint density at radius 3 is 2.49 bits per heavy atom. The second kappa shape index (κ2) is 7.77. The minimum Gasteiger partial charge on any atom is -0.479 e. The zero-order chi connectivity index (χ0) is 25.2. The van der Waals surface area contributed by atoms with Crippen LogP contribution in [0.1, 0.15) is 17.2 Å². The fourth-order valence-corrected chi connectivity index (χ4v) is 5.46. The van der Waals surface area contributed by atoms with Crippen molar-refractivity contribution in [2.75, 3.05) is 11.2 Å². The number of aryl methyl sites for hydroxylation is 1. The van der Waals surface area contributed by atoms with Crippen molar-refractivity contribution in [3.63, 3.8) is 0 Å². The van der Waals surface area contributed by atoms with Crippen LogP contribution in [0, 0.1) is 11.6 Å². The van der Waals surface area contributed by atoms with Gasteiger partial charge in [-0.15, -0.1) is 0 Å². The van der Waals surface area contributed by atoms with Crippen LogP contribution in [0.15, 0.2) is 53.6 Å². The molecule has 11 heteroatoms. The molecule has 1 aliphatic heterocycles. The monoisotopic (exact) mass is 499 g/mol. The van der Waals surface area contributed by atoms with E-state index in [2.05, 4.69) is 4.98 Å². The standard InChI is InChI=1S/C24H19F2N3O5S/c1-28-10-16-14-7-12(11-35(2,33)34)3-5-18(14)29(19-6-4-13(25)8-17(19)26)22(24(31)32)15-9-27-21(20(15)16)23(28)30/h3-10,22,27H,11H2,1-2H3,(H,31,32). The molecule has 0 saturated carbocycles. The molecule has 0 fully saturated rings. The Morgan fingerprint density at radius 2 is 1.83 bits per heavy atom. The van der Waals surface area contributed by atoms with Crippen LogP contribution in [0.5, 0.6) is 0 Å². The number of fused-ring (bicyclic) bond motifs is 2. The normalized spacial score (nSPS) is 15.2. The number of hydrogen-bond donors (Lipinski definition) is 2. The lowest BCUT2D eigenvalue weighted by atomic mass is 9.99. The lowest BCUT2D eigenvalue weighted by Gasteiger charge is -2.31. The largest absolute Gasteiger partial charge is 0.479 e. The van der Waals surface area contributed by atoms with Crippen LogP contribution in [0.3, 0.4) is 0 Å². The molecule has 2 aromatic carbocycles. The molecular formula is C24H19F2N3O5S. The molecular weight excluding hydrogens is 480 g/mol. The maximum atomic E-state index is 15.1. The number of carboxylic acids is 1. The van der Waals surface area contributed by atoms with Gasteiger partial charge in [0.15, 0.2) is 15.9 Å². The van der Waals surface area contributed by atoms with Gasteiger partial charge in [-0.25, -0.2) is 22.0 Å². The molecule has 180 valence electrons. The van der Waals surface area contributed by atoms with Crippen molar-refractivity contribution >= 4 is 38.1 Å². The quantitative estimate of drug-likeness (QED) is 0.444. The van der Waals surface area contributed by atoms with Crippen molar-refractivity contribution in [1.82, 2.24) is 9.55 Å². The molecule has 3 heterocycles. The van der Waals surface area contributed by atoms with E-state index < -0.39 is 39.0 Å². The van der Waals surface area contributed by atoms with Crippen LogP contribution >= 0.6 is 0 Å². The summed E-state index contributed by atoms with van der Waals surface area (Å²) in [6, 6.07) is 5.98. The van der Waals surface area contributed by atoms with Gasteiger partial charge >= 0.3 is 5.97 Å². The van der Waals surface area contributed by atoms with Crippen LogP contribution in [0.2, 0.25) is 0 Å². The Balaban J connectivity index is 1.94. The third-order valence-corrected chi connectivity index (χ3v) is 6.89. The van der Waals surface area contributed by atoms with Crippen molar-refractivity contribution in [2.24, 2.45) is 7.05 Å². The highest BCUT2D eigenvalue weighted by Gasteiger charge is 2.38. The number of nitrogens with one attached hydrogen (secondary N) is 1. The van der Waals surface area contributed by atoms with Gasteiger partial charge in [-0.05, 0) is 29.8 Å². The molecule has 0 aliphatic carbocycles. The molecule has 2 N–H and O–H groups in total. The maximum Gasteiger partial charge on any atom is 0.331 e. The Labute approximate surface area is 198 Å². The first-order valence-electron chi connectivity index (χ1n) is 10.4. The number of aromatic nitrogens is 2. The first kappa shape index (κ1) is 22.8. The maximum absolute atomic E-state index is 15.1. The molecule has 5 rings (SSSR count). The number of aliphatic carboxylic acids is 1. The van der Waals surface area contributed by atoms with E-state index in [-0.39, 0.29) is 28.2 Å². The Bertz CT molecular complexity index is 1710. The second-order valence-electron chi connectivity index (χ2n) is 8.58. The molecule has 0 bridgehead atoms. The molecule has 0 spiro atoms. The zero-order valence-electron chi connectivity index (χ0n) is 18.5. The van der Waals surface area contributed by atoms with Gasteiger partial charge in [0.05, 0.1) is 17.1 Å². The number of hydrogen-bond acceptors (Lipinski definition) is 5. The van der Waals surface area contributed by atoms with Gasteiger partial charge in [-0.3, -0.25) is 4.79 Å². The second-order valence-corrected chi connectivity index (χ2v) is 10.7. The number of carbonyl (C=O) groups is 1. The zero-order valence-corrected chi connectivity index (χ0v) is 19.4. The topological polar surface area (TPSA) is 112 Å². The summed E-state index contributed by atoms with van der Waals surface area (Å²) in [4.78, 5) is 29.5. The predicted octanol–water partition coefficient (Wildman–Crippen LogP) is 3.63. The van der Waals surface area contributed by atoms with Crippen molar-refractivity contribution < 1.29 is 27.1 Å². The predicted molar refractivity (Wildman–Crippen MR) is 126 cm³/mol. The Kier molecular flexibility index (Phi) is 5.06. The van der Waals surface area contributed by atoms with Crippen molar-refractivity contribution in [3.05, 3.63) is 81.9 Å². The van der Waals surface area contributed by atoms with E-state index in [1.165, 1.54) is 41.0 Å². The molecule has 1 aliphatic rings. The number of nitrogens with zero attached hydrogens (tertiary/aromatic N) is 2. The summed E-state index contributed by atoms with van der Waals surface area (Å²) >= 11 is 0. The van der Waals surface area contributed by atoms with E-state index in [0.717, 1.165) is 18.4 Å². The number of carboxylic acid groups (broad SMARTS) is 1. The van der Waals surface area contributed by atoms with Gasteiger partial charge in [0.2, 0.25) is 0 Å². The van der Waals surface area contributed by atoms with E-state index in [0.29, 0.717) is 28.1 Å². The van der Waals surface area contributed by atoms with Gasteiger partial charge < -0.3 is 19.6 Å². The molecule has 35 heavy (non-hydrogen) atoms. The summed E-state index contributed by atoms with van der Waals surface area (Å²) in [5, 5.41) is 10.6. The van der Waals surface area contributed by atoms with Gasteiger partial charge in [0.1, 0.15) is 17.2 Å². The molecule has 4 aromatic rings. The number of halogens is 2. The van der Waals surface area contributed by atoms with Gasteiger partial charge in [0.25, 0.3) is 5.56 Å². The van der Waals surface area contributed by atoms with E-state index in [4.69, 9.17) is 0 Å². The van der Waals surface area contributed by atoms with E-state index >= 15 is 4.39 Å². The van der Waals surface area contributed by atoms with Crippen LogP contribution in [0.25, 0.3) is 22.0 Å². The molecule has 2 aromatic heterocycles. The Hall–Kier alpha value is -3.99. The van der Waals surface area contributed by atoms with Crippen molar-refractivity contribution in [2.45, 2.75) is 11.8 Å². The number of aromatic amines is 1. The Morgan fingerprint density at radius 1 is 1.11 bits per heavy atom. The molecule has 1 atom stereocenters. The van der Waals surface area contributed by atoms with Crippen LogP contribution in [-0.4, -0.2) is 35.3 Å². The SMILES string of the molecule is Cn1cc2c3c(c[nH]c3c1=O)C(C(=O)O)N(c1ccc(F)cc1F)c1ccc(CS(C)(=O)=O)cc1-2. The van der Waals surface area contributed by atoms with Crippen molar-refractivity contribution in [3.8, 4) is 11.1 Å². The number of pyridine rings is 1. The molecule has 0 amide bonds. The first-order chi connectivity index (χ1) is 16.5. The minimum absolute atomic E-state index is 0.159. The third kappa shape index (κ3) is 3.68. The van der Waals surface area contributed by atoms with E-state index in [1.54, 1.807) is 6.07 Å². The number of anilines is 2. The first-order valence-corrected chi connectivity index (χ1v) is 12.5. The molecule has 0 radical (unpaired) electrons. The fraction of sp³-hybridized carbons (Fsp3) is 0.167. The summed E-state index contributed by atoms with van der Waals surface area (Å²) in [5.41, 5.74) is 1.35. The highest BCUT2D eigenvalue weighted by molar-refractivity contribution is 7.89. The lowest BCUT2D eigenvalue weighted by molar-refractivity contribution is -0.138. The molecule has 0 saturated heterocycles. The van der Waals surface area contributed by atoms with Crippen LogP contribution in [-0.2, 0) is 27.4 Å². The third-order valence-electron chi connectivity index (χ3n) is 6.03. The lowest BCUT2D eigenvalue weighted by Crippen LogP contribution is -2.30. The smallest absolute Gasteiger partial charge is 0.331 e. The summed E-state index contributed by atoms with van der Waals surface area (Å²) in [7, 11) is -1.86. The number of sulfone groups is 1. The van der Waals surface area contributed by atoms with Crippen LogP contribution in [0.4, 0.5) is 20.2 Å². The highest BCUT2D eigenvalue weighted by atomic mass is 32.2. The average molecular weight is 499 g/mol. The number of H-pyrrole nitrogens is 1. The van der Waals surface area contributed by atoms with Crippen molar-refractivity contribution in [1.29, 1.82) is 0 Å². The molecule has 1 unspecified atom stereocenters. The van der Waals surface area contributed by atoms with Gasteiger partial charge in [-0.2, -0.15) is 0 Å². The highest BCUT2D eigenvalue weighted by Crippen LogP contribution is 2.49. The molecule has 8 nitrogen and oxygen atoms in total. The summed E-state index contributed by atoms with van der Waals surface area (Å²) < 4.78 is 54.0. The van der Waals surface area contributed by atoms with Gasteiger partial charge in [-0.1, -0.05) is 6.07 Å². The number of benzene rings is 2. The van der Waals surface area contributed by atoms with E-state index in [1.807, 2.05) is 0 Å². The number of rotatable bonds is 4.